The van der Waals surface area contributed by atoms with Crippen LogP contribution in [-0.2, 0) is 0 Å². The van der Waals surface area contributed by atoms with E-state index < -0.39 is 0 Å². The van der Waals surface area contributed by atoms with E-state index in [1.807, 2.05) is 38.1 Å². The minimum Gasteiger partial charge on any atom is -0.507 e. The summed E-state index contributed by atoms with van der Waals surface area (Å²) in [5.41, 5.74) is 2.78. The van der Waals surface area contributed by atoms with Gasteiger partial charge in [-0.3, -0.25) is 4.79 Å². The third-order valence-corrected chi connectivity index (χ3v) is 5.04. The first-order valence-corrected chi connectivity index (χ1v) is 9.68. The summed E-state index contributed by atoms with van der Waals surface area (Å²) >= 11 is 0. The number of carbonyl (C=O) groups excluding carboxylic acids is 1. The summed E-state index contributed by atoms with van der Waals surface area (Å²) < 4.78 is 1.49. The van der Waals surface area contributed by atoms with Crippen LogP contribution >= 0.6 is 0 Å². The van der Waals surface area contributed by atoms with Crippen LogP contribution in [0.1, 0.15) is 41.3 Å². The molecule has 0 fully saturated rings. The average molecular weight is 394 g/mol. The molecule has 0 aliphatic rings. The zero-order chi connectivity index (χ0) is 21.1. The molecule has 7 heteroatoms. The zero-order valence-corrected chi connectivity index (χ0v) is 17.2. The van der Waals surface area contributed by atoms with Gasteiger partial charge in [-0.15, -0.1) is 0 Å². The van der Waals surface area contributed by atoms with E-state index in [-0.39, 0.29) is 22.9 Å². The molecule has 2 aromatic carbocycles. The molecule has 0 radical (unpaired) electrons. The molecule has 1 aromatic heterocycles. The summed E-state index contributed by atoms with van der Waals surface area (Å²) in [6.07, 6.45) is 1.85. The standard InChI is InChI=1S/C22H26N4O3/c1-5-6-11-25(4)21(28)17-13-16(15(3)12-19(17)27)20-23-24-22(29)26(20)18-10-8-7-9-14(18)2/h7-10,12-13,27H,5-6,11H2,1-4H3,(H,24,29). The minimum atomic E-state index is -0.366. The molecule has 29 heavy (non-hydrogen) atoms. The molecular weight excluding hydrogens is 368 g/mol. The monoisotopic (exact) mass is 394 g/mol. The van der Waals surface area contributed by atoms with Crippen molar-refractivity contribution in [3.05, 3.63) is 63.6 Å². The Hall–Kier alpha value is -3.35. The van der Waals surface area contributed by atoms with E-state index in [1.165, 1.54) is 10.6 Å². The molecule has 1 amide bonds. The number of aromatic hydroxyl groups is 1. The largest absolute Gasteiger partial charge is 0.507 e. The highest BCUT2D eigenvalue weighted by Gasteiger charge is 2.22. The molecule has 152 valence electrons. The number of carbonyl (C=O) groups is 1. The smallest absolute Gasteiger partial charge is 0.348 e. The maximum Gasteiger partial charge on any atom is 0.348 e. The predicted molar refractivity (Wildman–Crippen MR) is 113 cm³/mol. The van der Waals surface area contributed by atoms with Crippen molar-refractivity contribution >= 4 is 5.91 Å². The fourth-order valence-electron chi connectivity index (χ4n) is 3.32. The second-order valence-electron chi connectivity index (χ2n) is 7.24. The van der Waals surface area contributed by atoms with Gasteiger partial charge in [0.1, 0.15) is 5.75 Å². The molecule has 0 unspecified atom stereocenters. The van der Waals surface area contributed by atoms with E-state index >= 15 is 0 Å². The molecular formula is C22H26N4O3. The Labute approximate surface area is 169 Å². The molecule has 0 aliphatic carbocycles. The highest BCUT2D eigenvalue weighted by molar-refractivity contribution is 5.98. The lowest BCUT2D eigenvalue weighted by molar-refractivity contribution is 0.0790. The molecule has 0 bridgehead atoms. The van der Waals surface area contributed by atoms with Crippen molar-refractivity contribution in [2.75, 3.05) is 13.6 Å². The Morgan fingerprint density at radius 1 is 1.21 bits per heavy atom. The zero-order valence-electron chi connectivity index (χ0n) is 17.2. The van der Waals surface area contributed by atoms with Crippen molar-refractivity contribution in [1.29, 1.82) is 0 Å². The fraction of sp³-hybridized carbons (Fsp3) is 0.318. The third-order valence-electron chi connectivity index (χ3n) is 5.04. The quantitative estimate of drug-likeness (QED) is 0.670. The van der Waals surface area contributed by atoms with Crippen LogP contribution in [0.4, 0.5) is 0 Å². The van der Waals surface area contributed by atoms with Crippen molar-refractivity contribution in [2.45, 2.75) is 33.6 Å². The van der Waals surface area contributed by atoms with Crippen molar-refractivity contribution in [1.82, 2.24) is 19.7 Å². The molecule has 0 saturated carbocycles. The maximum absolute atomic E-state index is 12.8. The highest BCUT2D eigenvalue weighted by Crippen LogP contribution is 2.30. The normalized spacial score (nSPS) is 10.9. The lowest BCUT2D eigenvalue weighted by atomic mass is 10.0. The molecule has 3 rings (SSSR count). The Morgan fingerprint density at radius 2 is 1.93 bits per heavy atom. The molecule has 7 nitrogen and oxygen atoms in total. The van der Waals surface area contributed by atoms with Gasteiger partial charge in [0.15, 0.2) is 5.82 Å². The van der Waals surface area contributed by atoms with Crippen LogP contribution in [0.5, 0.6) is 5.75 Å². The van der Waals surface area contributed by atoms with Gasteiger partial charge in [-0.2, -0.15) is 5.10 Å². The van der Waals surface area contributed by atoms with Gasteiger partial charge in [0.25, 0.3) is 5.91 Å². The highest BCUT2D eigenvalue weighted by atomic mass is 16.3. The SMILES string of the molecule is CCCCN(C)C(=O)c1cc(-c2n[nH]c(=O)n2-c2ccccc2C)c(C)cc1O. The van der Waals surface area contributed by atoms with Crippen LogP contribution in [-0.4, -0.2) is 44.3 Å². The van der Waals surface area contributed by atoms with Gasteiger partial charge in [0.2, 0.25) is 0 Å². The first-order valence-electron chi connectivity index (χ1n) is 9.68. The number of para-hydroxylation sites is 1. The van der Waals surface area contributed by atoms with E-state index in [9.17, 15) is 14.7 Å². The van der Waals surface area contributed by atoms with Gasteiger partial charge in [-0.1, -0.05) is 31.5 Å². The Morgan fingerprint density at radius 3 is 2.62 bits per heavy atom. The first kappa shape index (κ1) is 20.4. The average Bonchev–Trinajstić information content (AvgIpc) is 3.07. The number of aryl methyl sites for hydroxylation is 2. The number of hydrogen-bond donors (Lipinski definition) is 2. The summed E-state index contributed by atoms with van der Waals surface area (Å²) in [4.78, 5) is 27.0. The number of nitrogens with zero attached hydrogens (tertiary/aromatic N) is 3. The third kappa shape index (κ3) is 3.94. The molecule has 3 aromatic rings. The van der Waals surface area contributed by atoms with E-state index in [0.29, 0.717) is 29.2 Å². The second kappa shape index (κ2) is 8.34. The second-order valence-corrected chi connectivity index (χ2v) is 7.24. The molecule has 2 N–H and O–H groups in total. The van der Waals surface area contributed by atoms with Gasteiger partial charge in [-0.25, -0.2) is 14.5 Å². The number of rotatable bonds is 6. The minimum absolute atomic E-state index is 0.0834. The summed E-state index contributed by atoms with van der Waals surface area (Å²) in [5.74, 6) is 0.0458. The van der Waals surface area contributed by atoms with Gasteiger partial charge in [0, 0.05) is 19.2 Å². The first-order chi connectivity index (χ1) is 13.8. The number of hydrogen-bond acceptors (Lipinski definition) is 4. The lowest BCUT2D eigenvalue weighted by Gasteiger charge is -2.19. The van der Waals surface area contributed by atoms with E-state index in [2.05, 4.69) is 17.1 Å². The van der Waals surface area contributed by atoms with Crippen LogP contribution in [0.15, 0.2) is 41.2 Å². The van der Waals surface area contributed by atoms with Crippen LogP contribution in [0.2, 0.25) is 0 Å². The van der Waals surface area contributed by atoms with E-state index in [4.69, 9.17) is 0 Å². The number of phenolic OH excluding ortho intramolecular Hbond substituents is 1. The Bertz CT molecular complexity index is 1100. The molecule has 0 spiro atoms. The van der Waals surface area contributed by atoms with Crippen LogP contribution in [0.3, 0.4) is 0 Å². The maximum atomic E-state index is 12.8. The van der Waals surface area contributed by atoms with Crippen molar-refractivity contribution in [3.8, 4) is 22.8 Å². The van der Waals surface area contributed by atoms with Gasteiger partial charge < -0.3 is 10.0 Å². The number of phenols is 1. The fourth-order valence-corrected chi connectivity index (χ4v) is 3.32. The van der Waals surface area contributed by atoms with Gasteiger partial charge >= 0.3 is 5.69 Å². The van der Waals surface area contributed by atoms with Gasteiger partial charge in [-0.05, 0) is 49.6 Å². The summed E-state index contributed by atoms with van der Waals surface area (Å²) in [6.45, 7) is 6.39. The molecule has 0 atom stereocenters. The van der Waals surface area contributed by atoms with Gasteiger partial charge in [0.05, 0.1) is 11.3 Å². The van der Waals surface area contributed by atoms with E-state index in [0.717, 1.165) is 18.4 Å². The number of unbranched alkanes of at least 4 members (excludes halogenated alkanes) is 1. The van der Waals surface area contributed by atoms with Crippen molar-refractivity contribution in [3.63, 3.8) is 0 Å². The Kier molecular flexibility index (Phi) is 5.87. The van der Waals surface area contributed by atoms with Crippen LogP contribution in [0, 0.1) is 13.8 Å². The number of amides is 1. The number of aromatic nitrogens is 3. The van der Waals surface area contributed by atoms with Crippen molar-refractivity contribution < 1.29 is 9.90 Å². The summed E-state index contributed by atoms with van der Waals surface area (Å²) in [6, 6.07) is 10.7. The van der Waals surface area contributed by atoms with Crippen LogP contribution < -0.4 is 5.69 Å². The number of benzene rings is 2. The lowest BCUT2D eigenvalue weighted by Crippen LogP contribution is -2.27. The summed E-state index contributed by atoms with van der Waals surface area (Å²) in [5, 5.41) is 17.1. The predicted octanol–water partition coefficient (Wildman–Crippen LogP) is 3.42. The Balaban J connectivity index is 2.13. The van der Waals surface area contributed by atoms with Crippen LogP contribution in [0.25, 0.3) is 17.1 Å². The molecule has 1 heterocycles. The van der Waals surface area contributed by atoms with Crippen molar-refractivity contribution in [2.24, 2.45) is 0 Å². The topological polar surface area (TPSA) is 91.2 Å². The summed E-state index contributed by atoms with van der Waals surface area (Å²) in [7, 11) is 1.72. The molecule has 0 aliphatic heterocycles. The number of H-pyrrole nitrogens is 1. The molecule has 0 saturated heterocycles. The van der Waals surface area contributed by atoms with E-state index in [1.54, 1.807) is 18.0 Å². The number of aromatic amines is 1. The number of nitrogens with one attached hydrogen (secondary N) is 1.